The average molecular weight is 335 g/mol. The first-order valence-corrected chi connectivity index (χ1v) is 7.04. The van der Waals surface area contributed by atoms with Gasteiger partial charge in [0.05, 0.1) is 23.6 Å². The molecule has 1 heterocycles. The fourth-order valence-electron chi connectivity index (χ4n) is 2.45. The van der Waals surface area contributed by atoms with Crippen molar-refractivity contribution < 1.29 is 18.3 Å². The molecule has 1 N–H and O–H groups in total. The van der Waals surface area contributed by atoms with E-state index in [-0.39, 0.29) is 10.9 Å². The Labute approximate surface area is 134 Å². The van der Waals surface area contributed by atoms with Crippen LogP contribution in [0, 0.1) is 0 Å². The molecule has 0 saturated carbocycles. The summed E-state index contributed by atoms with van der Waals surface area (Å²) in [6, 6.07) is 11.2. The second-order valence-electron chi connectivity index (χ2n) is 5.19. The minimum Gasteiger partial charge on any atom is -0.386 e. The molecule has 0 aliphatic heterocycles. The molecule has 8 heteroatoms. The summed E-state index contributed by atoms with van der Waals surface area (Å²) in [7, 11) is 0. The highest BCUT2D eigenvalue weighted by atomic mass is 19.4. The van der Waals surface area contributed by atoms with Crippen molar-refractivity contribution in [3.63, 3.8) is 0 Å². The van der Waals surface area contributed by atoms with E-state index in [0.717, 1.165) is 10.7 Å². The first kappa shape index (κ1) is 16.1. The number of aliphatic hydroxyl groups excluding tert-OH is 1. The van der Waals surface area contributed by atoms with Gasteiger partial charge in [0.2, 0.25) is 0 Å². The largest absolute Gasteiger partial charge is 0.416 e. The van der Waals surface area contributed by atoms with Gasteiger partial charge in [-0.15, -0.1) is 5.10 Å². The van der Waals surface area contributed by atoms with Crippen molar-refractivity contribution in [3.8, 4) is 0 Å². The van der Waals surface area contributed by atoms with Crippen LogP contribution in [0.15, 0.2) is 53.3 Å². The van der Waals surface area contributed by atoms with Crippen LogP contribution < -0.4 is 5.56 Å². The van der Waals surface area contributed by atoms with Crippen molar-refractivity contribution in [2.75, 3.05) is 0 Å². The molecule has 0 saturated heterocycles. The van der Waals surface area contributed by atoms with Gasteiger partial charge in [-0.25, -0.2) is 4.68 Å². The number of nitrogens with zero attached hydrogens (tertiary/aromatic N) is 3. The molecule has 1 atom stereocenters. The summed E-state index contributed by atoms with van der Waals surface area (Å²) in [5.41, 5.74) is -1.40. The topological polar surface area (TPSA) is 68.0 Å². The third kappa shape index (κ3) is 3.00. The van der Waals surface area contributed by atoms with Crippen molar-refractivity contribution in [2.24, 2.45) is 0 Å². The molecule has 0 aliphatic carbocycles. The van der Waals surface area contributed by atoms with Crippen molar-refractivity contribution in [1.82, 2.24) is 15.0 Å². The van der Waals surface area contributed by atoms with E-state index in [1.165, 1.54) is 18.2 Å². The monoisotopic (exact) mass is 335 g/mol. The van der Waals surface area contributed by atoms with Gasteiger partial charge in [-0.3, -0.25) is 4.79 Å². The molecule has 0 spiro atoms. The zero-order valence-corrected chi connectivity index (χ0v) is 12.2. The highest BCUT2D eigenvalue weighted by Crippen LogP contribution is 2.34. The second kappa shape index (κ2) is 6.04. The van der Waals surface area contributed by atoms with Gasteiger partial charge in [0.1, 0.15) is 5.52 Å². The lowest BCUT2D eigenvalue weighted by atomic mass is 10.0. The second-order valence-corrected chi connectivity index (χ2v) is 5.19. The molecule has 0 bridgehead atoms. The molecule has 1 aromatic heterocycles. The summed E-state index contributed by atoms with van der Waals surface area (Å²) in [5.74, 6) is 0. The molecule has 0 aliphatic rings. The average Bonchev–Trinajstić information content (AvgIpc) is 2.57. The van der Waals surface area contributed by atoms with Crippen molar-refractivity contribution in [2.45, 2.75) is 18.8 Å². The number of rotatable bonds is 3. The van der Waals surface area contributed by atoms with Crippen molar-refractivity contribution in [1.29, 1.82) is 0 Å². The highest BCUT2D eigenvalue weighted by molar-refractivity contribution is 5.76. The number of benzene rings is 2. The summed E-state index contributed by atoms with van der Waals surface area (Å²) in [5, 5.41) is 18.0. The number of aliphatic hydroxyl groups is 1. The molecular weight excluding hydrogens is 323 g/mol. The Bertz CT molecular complexity index is 937. The van der Waals surface area contributed by atoms with Gasteiger partial charge in [-0.1, -0.05) is 35.5 Å². The SMILES string of the molecule is O=c1c2ccccc2nnn1C[C@H](O)c1ccccc1C(F)(F)F. The first-order valence-electron chi connectivity index (χ1n) is 7.04. The minimum absolute atomic E-state index is 0.281. The predicted octanol–water partition coefficient (Wildman–Crippen LogP) is 2.54. The normalized spacial score (nSPS) is 13.2. The number of fused-ring (bicyclic) bond motifs is 1. The van der Waals surface area contributed by atoms with Gasteiger partial charge in [0.25, 0.3) is 5.56 Å². The van der Waals surface area contributed by atoms with Gasteiger partial charge in [0, 0.05) is 0 Å². The number of hydrogen-bond donors (Lipinski definition) is 1. The molecule has 5 nitrogen and oxygen atoms in total. The lowest BCUT2D eigenvalue weighted by Gasteiger charge is -2.17. The van der Waals surface area contributed by atoms with Crippen LogP contribution in [0.2, 0.25) is 0 Å². The van der Waals surface area contributed by atoms with E-state index in [1.807, 2.05) is 0 Å². The molecule has 124 valence electrons. The van der Waals surface area contributed by atoms with E-state index in [1.54, 1.807) is 24.3 Å². The van der Waals surface area contributed by atoms with Crippen molar-refractivity contribution >= 4 is 10.9 Å². The van der Waals surface area contributed by atoms with E-state index in [0.29, 0.717) is 5.52 Å². The van der Waals surface area contributed by atoms with Crippen LogP contribution in [0.5, 0.6) is 0 Å². The Morgan fingerprint density at radius 1 is 1.08 bits per heavy atom. The number of hydrogen-bond acceptors (Lipinski definition) is 4. The summed E-state index contributed by atoms with van der Waals surface area (Å²) in [4.78, 5) is 12.3. The van der Waals surface area contributed by atoms with E-state index in [9.17, 15) is 23.1 Å². The van der Waals surface area contributed by atoms with Gasteiger partial charge >= 0.3 is 6.18 Å². The summed E-state index contributed by atoms with van der Waals surface area (Å²) in [6.07, 6.45) is -6.14. The minimum atomic E-state index is -4.60. The van der Waals surface area contributed by atoms with E-state index in [4.69, 9.17) is 0 Å². The van der Waals surface area contributed by atoms with Gasteiger partial charge in [-0.05, 0) is 23.8 Å². The Balaban J connectivity index is 1.98. The van der Waals surface area contributed by atoms with Gasteiger partial charge in [-0.2, -0.15) is 13.2 Å². The lowest BCUT2D eigenvalue weighted by molar-refractivity contribution is -0.139. The van der Waals surface area contributed by atoms with Crippen LogP contribution in [0.4, 0.5) is 13.2 Å². The van der Waals surface area contributed by atoms with Crippen LogP contribution in [0.3, 0.4) is 0 Å². The molecule has 3 rings (SSSR count). The summed E-state index contributed by atoms with van der Waals surface area (Å²) >= 11 is 0. The first-order chi connectivity index (χ1) is 11.4. The Hall–Kier alpha value is -2.74. The van der Waals surface area contributed by atoms with Crippen LogP contribution in [0.25, 0.3) is 10.9 Å². The summed E-state index contributed by atoms with van der Waals surface area (Å²) in [6.45, 7) is -0.427. The molecule has 0 unspecified atom stereocenters. The van der Waals surface area contributed by atoms with E-state index in [2.05, 4.69) is 10.3 Å². The van der Waals surface area contributed by atoms with Crippen LogP contribution in [-0.2, 0) is 12.7 Å². The smallest absolute Gasteiger partial charge is 0.386 e. The molecule has 0 amide bonds. The van der Waals surface area contributed by atoms with Crippen LogP contribution in [-0.4, -0.2) is 20.1 Å². The number of aromatic nitrogens is 3. The zero-order chi connectivity index (χ0) is 17.3. The molecule has 0 radical (unpaired) electrons. The van der Waals surface area contributed by atoms with Crippen molar-refractivity contribution in [3.05, 3.63) is 70.0 Å². The molecular formula is C16H12F3N3O2. The summed E-state index contributed by atoms with van der Waals surface area (Å²) < 4.78 is 39.9. The van der Waals surface area contributed by atoms with Crippen LogP contribution >= 0.6 is 0 Å². The molecule has 24 heavy (non-hydrogen) atoms. The predicted molar refractivity (Wildman–Crippen MR) is 80.2 cm³/mol. The maximum absolute atomic E-state index is 13.0. The molecule has 2 aromatic carbocycles. The fraction of sp³-hybridized carbons (Fsp3) is 0.188. The molecule has 0 fully saturated rings. The van der Waals surface area contributed by atoms with Gasteiger partial charge in [0.15, 0.2) is 0 Å². The lowest BCUT2D eigenvalue weighted by Crippen LogP contribution is -2.27. The highest BCUT2D eigenvalue weighted by Gasteiger charge is 2.34. The Morgan fingerprint density at radius 3 is 2.50 bits per heavy atom. The maximum atomic E-state index is 13.0. The third-order valence-electron chi connectivity index (χ3n) is 3.60. The van der Waals surface area contributed by atoms with Gasteiger partial charge < -0.3 is 5.11 Å². The molecule has 3 aromatic rings. The third-order valence-corrected chi connectivity index (χ3v) is 3.60. The number of halogens is 3. The quantitative estimate of drug-likeness (QED) is 0.799. The van der Waals surface area contributed by atoms with Crippen LogP contribution in [0.1, 0.15) is 17.2 Å². The standard InChI is InChI=1S/C16H12F3N3O2/c17-16(18,19)12-7-3-1-5-10(12)14(23)9-22-15(24)11-6-2-4-8-13(11)20-21-22/h1-8,14,23H,9H2/t14-/m0/s1. The Morgan fingerprint density at radius 2 is 1.75 bits per heavy atom. The zero-order valence-electron chi connectivity index (χ0n) is 12.2. The Kier molecular flexibility index (Phi) is 4.06. The maximum Gasteiger partial charge on any atom is 0.416 e. The van der Waals surface area contributed by atoms with E-state index < -0.39 is 29.9 Å². The fourth-order valence-corrected chi connectivity index (χ4v) is 2.45. The van der Waals surface area contributed by atoms with E-state index >= 15 is 0 Å². The number of alkyl halides is 3.